The first-order valence-electron chi connectivity index (χ1n) is 12.5. The number of aromatic nitrogens is 2. The highest BCUT2D eigenvalue weighted by Crippen LogP contribution is 2.33. The van der Waals surface area contributed by atoms with Crippen molar-refractivity contribution in [3.63, 3.8) is 0 Å². The summed E-state index contributed by atoms with van der Waals surface area (Å²) in [5.41, 5.74) is 2.77. The molecule has 0 saturated heterocycles. The second kappa shape index (κ2) is 11.4. The molecule has 1 amide bonds. The minimum absolute atomic E-state index is 0.00983. The van der Waals surface area contributed by atoms with Crippen molar-refractivity contribution in [2.75, 3.05) is 11.9 Å². The van der Waals surface area contributed by atoms with Gasteiger partial charge < -0.3 is 13.9 Å². The fraction of sp³-hybridized carbons (Fsp3) is 0.207. The number of amides is 1. The van der Waals surface area contributed by atoms with Crippen LogP contribution in [0.25, 0.3) is 33.3 Å². The molecular weight excluding hydrogens is 518 g/mol. The summed E-state index contributed by atoms with van der Waals surface area (Å²) in [5.74, 6) is -1.17. The van der Waals surface area contributed by atoms with Gasteiger partial charge in [-0.05, 0) is 43.0 Å². The number of fused-ring (bicyclic) bond motifs is 2. The van der Waals surface area contributed by atoms with E-state index < -0.39 is 23.9 Å². The maximum atomic E-state index is 13.4. The van der Waals surface area contributed by atoms with Crippen molar-refractivity contribution < 1.29 is 28.3 Å². The summed E-state index contributed by atoms with van der Waals surface area (Å²) in [5, 5.41) is 6.08. The first-order chi connectivity index (χ1) is 19.0. The number of hydrogen-bond acceptors (Lipinski definition) is 9. The van der Waals surface area contributed by atoms with Gasteiger partial charge in [0.05, 0.1) is 24.3 Å². The molecule has 9 nitrogen and oxygen atoms in total. The molecule has 0 aliphatic heterocycles. The summed E-state index contributed by atoms with van der Waals surface area (Å²) in [6, 6.07) is 18.3. The average molecular weight is 544 g/mol. The Morgan fingerprint density at radius 2 is 1.79 bits per heavy atom. The van der Waals surface area contributed by atoms with Gasteiger partial charge in [-0.3, -0.25) is 14.9 Å². The SMILES string of the molecule is CCOC(=O)Cc1csc(NC(=O)C(CC)OC(=O)c2cccc3cccc(-c4nc5ccccc5o4)c23)n1. The van der Waals surface area contributed by atoms with Crippen molar-refractivity contribution in [1.82, 2.24) is 9.97 Å². The summed E-state index contributed by atoms with van der Waals surface area (Å²) >= 11 is 1.18. The van der Waals surface area contributed by atoms with Crippen LogP contribution in [0, 0.1) is 0 Å². The summed E-state index contributed by atoms with van der Waals surface area (Å²) in [6.07, 6.45) is -0.793. The predicted octanol–water partition coefficient (Wildman–Crippen LogP) is 5.78. The maximum absolute atomic E-state index is 13.4. The van der Waals surface area contributed by atoms with E-state index in [0.29, 0.717) is 44.3 Å². The number of carbonyl (C=O) groups excluding carboxylic acids is 3. The number of anilines is 1. The molecule has 2 heterocycles. The van der Waals surface area contributed by atoms with E-state index in [9.17, 15) is 14.4 Å². The van der Waals surface area contributed by atoms with Gasteiger partial charge in [-0.15, -0.1) is 11.3 Å². The maximum Gasteiger partial charge on any atom is 0.339 e. The zero-order chi connectivity index (χ0) is 27.4. The third kappa shape index (κ3) is 5.65. The van der Waals surface area contributed by atoms with Gasteiger partial charge in [0.1, 0.15) is 5.52 Å². The minimum atomic E-state index is -1.05. The number of ether oxygens (including phenoxy) is 2. The van der Waals surface area contributed by atoms with E-state index in [1.165, 1.54) is 11.3 Å². The highest BCUT2D eigenvalue weighted by molar-refractivity contribution is 7.13. The summed E-state index contributed by atoms with van der Waals surface area (Å²) < 4.78 is 16.6. The number of carbonyl (C=O) groups is 3. The molecule has 1 unspecified atom stereocenters. The van der Waals surface area contributed by atoms with Crippen LogP contribution in [0.5, 0.6) is 0 Å². The molecular formula is C29H25N3O6S. The summed E-state index contributed by atoms with van der Waals surface area (Å²) in [6.45, 7) is 3.76. The monoisotopic (exact) mass is 543 g/mol. The first kappa shape index (κ1) is 26.1. The Bertz CT molecular complexity index is 1640. The van der Waals surface area contributed by atoms with Crippen LogP contribution in [0.1, 0.15) is 36.3 Å². The van der Waals surface area contributed by atoms with Gasteiger partial charge in [0.2, 0.25) is 5.89 Å². The Kier molecular flexibility index (Phi) is 7.64. The van der Waals surface area contributed by atoms with E-state index >= 15 is 0 Å². The standard InChI is InChI=1S/C29H25N3O6S/c1-3-22(26(34)32-29-30-18(16-39-29)15-24(33)36-4-2)38-28(35)20-12-8-10-17-9-7-11-19(25(17)20)27-31-21-13-5-6-14-23(21)37-27/h5-14,16,22H,3-4,15H2,1-2H3,(H,30,32,34). The molecule has 0 saturated carbocycles. The van der Waals surface area contributed by atoms with Crippen molar-refractivity contribution in [2.45, 2.75) is 32.8 Å². The van der Waals surface area contributed by atoms with Crippen LogP contribution >= 0.6 is 11.3 Å². The van der Waals surface area contributed by atoms with Gasteiger partial charge >= 0.3 is 11.9 Å². The molecule has 10 heteroatoms. The number of rotatable bonds is 9. The normalized spacial score (nSPS) is 11.8. The Morgan fingerprint density at radius 3 is 2.56 bits per heavy atom. The minimum Gasteiger partial charge on any atom is -0.466 e. The van der Waals surface area contributed by atoms with Crippen molar-refractivity contribution >= 4 is 56.2 Å². The quantitative estimate of drug-likeness (QED) is 0.232. The molecule has 3 aromatic carbocycles. The molecule has 0 spiro atoms. The molecule has 5 aromatic rings. The number of hydrogen-bond donors (Lipinski definition) is 1. The number of oxazole rings is 1. The van der Waals surface area contributed by atoms with Crippen molar-refractivity contribution in [2.24, 2.45) is 0 Å². The Balaban J connectivity index is 1.37. The van der Waals surface area contributed by atoms with Crippen LogP contribution in [0.2, 0.25) is 0 Å². The third-order valence-corrected chi connectivity index (χ3v) is 6.78. The van der Waals surface area contributed by atoms with Gasteiger partial charge in [-0.1, -0.05) is 43.3 Å². The fourth-order valence-corrected chi connectivity index (χ4v) is 4.90. The van der Waals surface area contributed by atoms with Gasteiger partial charge in [-0.2, -0.15) is 0 Å². The highest BCUT2D eigenvalue weighted by atomic mass is 32.1. The lowest BCUT2D eigenvalue weighted by atomic mass is 9.99. The Morgan fingerprint density at radius 1 is 1.00 bits per heavy atom. The van der Waals surface area contributed by atoms with Crippen molar-refractivity contribution in [3.8, 4) is 11.5 Å². The largest absolute Gasteiger partial charge is 0.466 e. The van der Waals surface area contributed by atoms with Gasteiger partial charge in [0.15, 0.2) is 16.8 Å². The lowest BCUT2D eigenvalue weighted by Gasteiger charge is -2.16. The lowest BCUT2D eigenvalue weighted by molar-refractivity contribution is -0.142. The van der Waals surface area contributed by atoms with Gasteiger partial charge in [0.25, 0.3) is 5.91 Å². The molecule has 0 radical (unpaired) electrons. The van der Waals surface area contributed by atoms with E-state index in [1.54, 1.807) is 31.4 Å². The highest BCUT2D eigenvalue weighted by Gasteiger charge is 2.25. The van der Waals surface area contributed by atoms with E-state index in [2.05, 4.69) is 15.3 Å². The second-order valence-corrected chi connectivity index (χ2v) is 9.47. The molecule has 1 N–H and O–H groups in total. The number of esters is 2. The van der Waals surface area contributed by atoms with Crippen LogP contribution < -0.4 is 5.32 Å². The van der Waals surface area contributed by atoms with Crippen LogP contribution in [0.15, 0.2) is 70.5 Å². The fourth-order valence-electron chi connectivity index (χ4n) is 4.18. The molecule has 0 bridgehead atoms. The zero-order valence-corrected chi connectivity index (χ0v) is 22.1. The van der Waals surface area contributed by atoms with Crippen LogP contribution in [0.3, 0.4) is 0 Å². The summed E-state index contributed by atoms with van der Waals surface area (Å²) in [7, 11) is 0. The van der Waals surface area contributed by atoms with Crippen LogP contribution in [-0.4, -0.2) is 40.5 Å². The van der Waals surface area contributed by atoms with E-state index in [-0.39, 0.29) is 19.4 Å². The number of thiazole rings is 1. The van der Waals surface area contributed by atoms with E-state index in [0.717, 1.165) is 5.39 Å². The Labute approximate surface area is 227 Å². The van der Waals surface area contributed by atoms with Gasteiger partial charge in [-0.25, -0.2) is 14.8 Å². The second-order valence-electron chi connectivity index (χ2n) is 8.61. The number of para-hydroxylation sites is 2. The number of nitrogens with zero attached hydrogens (tertiary/aromatic N) is 2. The third-order valence-electron chi connectivity index (χ3n) is 5.97. The molecule has 2 aromatic heterocycles. The number of nitrogens with one attached hydrogen (secondary N) is 1. The topological polar surface area (TPSA) is 121 Å². The predicted molar refractivity (Wildman–Crippen MR) is 148 cm³/mol. The lowest BCUT2D eigenvalue weighted by Crippen LogP contribution is -2.32. The number of benzene rings is 3. The van der Waals surface area contributed by atoms with E-state index in [1.807, 2.05) is 48.5 Å². The molecule has 198 valence electrons. The smallest absolute Gasteiger partial charge is 0.339 e. The van der Waals surface area contributed by atoms with Crippen molar-refractivity contribution in [3.05, 3.63) is 77.3 Å². The average Bonchev–Trinajstić information content (AvgIpc) is 3.57. The Hall–Kier alpha value is -4.57. The molecule has 1 atom stereocenters. The van der Waals surface area contributed by atoms with Gasteiger partial charge in [0, 0.05) is 16.3 Å². The zero-order valence-electron chi connectivity index (χ0n) is 21.3. The molecule has 0 fully saturated rings. The molecule has 5 rings (SSSR count). The first-order valence-corrected chi connectivity index (χ1v) is 13.3. The molecule has 0 aliphatic rings. The molecule has 39 heavy (non-hydrogen) atoms. The van der Waals surface area contributed by atoms with Crippen LogP contribution in [-0.2, 0) is 25.5 Å². The van der Waals surface area contributed by atoms with Crippen molar-refractivity contribution in [1.29, 1.82) is 0 Å². The summed E-state index contributed by atoms with van der Waals surface area (Å²) in [4.78, 5) is 46.9. The van der Waals surface area contributed by atoms with E-state index in [4.69, 9.17) is 13.9 Å². The molecule has 0 aliphatic carbocycles. The van der Waals surface area contributed by atoms with Crippen LogP contribution in [0.4, 0.5) is 5.13 Å².